The largest absolute Gasteiger partial charge is 0.385 e. The lowest BCUT2D eigenvalue weighted by atomic mass is 9.81. The fourth-order valence-electron chi connectivity index (χ4n) is 6.55. The van der Waals surface area contributed by atoms with Gasteiger partial charge in [0.1, 0.15) is 0 Å². The minimum absolute atomic E-state index is 0.247. The molecule has 0 radical (unpaired) electrons. The van der Waals surface area contributed by atoms with Crippen LogP contribution in [-0.2, 0) is 21.4 Å². The zero-order valence-electron chi connectivity index (χ0n) is 19.6. The third-order valence-corrected chi connectivity index (χ3v) is 8.36. The van der Waals surface area contributed by atoms with Gasteiger partial charge in [-0.25, -0.2) is 0 Å². The maximum atomic E-state index is 13.8. The second-order valence-electron chi connectivity index (χ2n) is 10.1. The maximum absolute atomic E-state index is 13.8. The number of hydrogen-bond acceptors (Lipinski definition) is 3. The van der Waals surface area contributed by atoms with Crippen molar-refractivity contribution in [3.63, 3.8) is 0 Å². The Hall–Kier alpha value is -2.69. The number of carbonyl (C=O) groups excluding carboxylic acids is 1. The molecular formula is C29H32N2O2. The number of fused-ring (bicyclic) bond motifs is 1. The molecule has 0 bridgehead atoms. The lowest BCUT2D eigenvalue weighted by Crippen LogP contribution is -2.50. The molecule has 6 rings (SSSR count). The summed E-state index contributed by atoms with van der Waals surface area (Å²) in [5.74, 6) is 0.247. The number of piperidine rings is 1. The van der Waals surface area contributed by atoms with Crippen molar-refractivity contribution in [3.8, 4) is 0 Å². The van der Waals surface area contributed by atoms with Gasteiger partial charge >= 0.3 is 0 Å². The van der Waals surface area contributed by atoms with Crippen molar-refractivity contribution in [1.82, 2.24) is 4.90 Å². The van der Waals surface area contributed by atoms with E-state index in [1.165, 1.54) is 21.9 Å². The quantitative estimate of drug-likeness (QED) is 0.544. The molecule has 2 aliphatic heterocycles. The van der Waals surface area contributed by atoms with Crippen LogP contribution in [0.25, 0.3) is 10.8 Å². The van der Waals surface area contributed by atoms with Crippen LogP contribution in [0.5, 0.6) is 0 Å². The van der Waals surface area contributed by atoms with Crippen molar-refractivity contribution < 1.29 is 9.53 Å². The molecule has 0 N–H and O–H groups in total. The first-order chi connectivity index (χ1) is 16.1. The van der Waals surface area contributed by atoms with Crippen molar-refractivity contribution in [3.05, 3.63) is 77.4 Å². The van der Waals surface area contributed by atoms with E-state index in [0.717, 1.165) is 50.0 Å². The Morgan fingerprint density at radius 1 is 1.00 bits per heavy atom. The van der Waals surface area contributed by atoms with Crippen LogP contribution in [0.4, 0.5) is 5.69 Å². The van der Waals surface area contributed by atoms with Gasteiger partial charge in [0.2, 0.25) is 5.91 Å². The molecule has 3 aromatic carbocycles. The van der Waals surface area contributed by atoms with E-state index in [2.05, 4.69) is 77.4 Å². The minimum atomic E-state index is -0.494. The average Bonchev–Trinajstić information content (AvgIpc) is 3.33. The molecule has 3 aliphatic rings. The summed E-state index contributed by atoms with van der Waals surface area (Å²) in [6.07, 6.45) is 3.85. The Bertz CT molecular complexity index is 1210. The monoisotopic (exact) mass is 440 g/mol. The first-order valence-corrected chi connectivity index (χ1v) is 12.3. The van der Waals surface area contributed by atoms with E-state index in [4.69, 9.17) is 4.74 Å². The highest BCUT2D eigenvalue weighted by Gasteiger charge is 2.49. The van der Waals surface area contributed by atoms with Crippen molar-refractivity contribution in [2.24, 2.45) is 0 Å². The second kappa shape index (κ2) is 7.96. The number of ether oxygens (including phenoxy) is 1. The number of methoxy groups -OCH3 is 1. The van der Waals surface area contributed by atoms with E-state index < -0.39 is 5.41 Å². The van der Waals surface area contributed by atoms with Crippen LogP contribution in [0.15, 0.2) is 60.7 Å². The van der Waals surface area contributed by atoms with Gasteiger partial charge in [0.15, 0.2) is 0 Å². The summed E-state index contributed by atoms with van der Waals surface area (Å²) < 4.78 is 5.36. The zero-order chi connectivity index (χ0) is 22.6. The van der Waals surface area contributed by atoms with Gasteiger partial charge < -0.3 is 9.64 Å². The third kappa shape index (κ3) is 3.15. The molecule has 1 amide bonds. The van der Waals surface area contributed by atoms with Gasteiger partial charge in [0.05, 0.1) is 5.41 Å². The van der Waals surface area contributed by atoms with Gasteiger partial charge in [-0.05, 0) is 66.1 Å². The number of anilines is 1. The molecule has 0 aromatic heterocycles. The second-order valence-corrected chi connectivity index (χ2v) is 10.1. The number of carbonyl (C=O) groups is 1. The smallest absolute Gasteiger partial charge is 0.237 e. The van der Waals surface area contributed by atoms with Gasteiger partial charge in [-0.15, -0.1) is 0 Å². The van der Waals surface area contributed by atoms with Gasteiger partial charge in [0, 0.05) is 44.6 Å². The van der Waals surface area contributed by atoms with Crippen LogP contribution in [0.2, 0.25) is 0 Å². The molecule has 4 nitrogen and oxygen atoms in total. The maximum Gasteiger partial charge on any atom is 0.237 e. The number of nitrogens with zero attached hydrogens (tertiary/aromatic N) is 2. The summed E-state index contributed by atoms with van der Waals surface area (Å²) in [6.45, 7) is 4.75. The van der Waals surface area contributed by atoms with E-state index >= 15 is 0 Å². The fourth-order valence-corrected chi connectivity index (χ4v) is 6.55. The predicted molar refractivity (Wildman–Crippen MR) is 133 cm³/mol. The summed E-state index contributed by atoms with van der Waals surface area (Å²) in [5.41, 5.74) is 4.74. The van der Waals surface area contributed by atoms with Crippen LogP contribution in [0.3, 0.4) is 0 Å². The molecular weight excluding hydrogens is 408 g/mol. The van der Waals surface area contributed by atoms with Gasteiger partial charge in [-0.3, -0.25) is 9.69 Å². The van der Waals surface area contributed by atoms with E-state index in [-0.39, 0.29) is 11.9 Å². The summed E-state index contributed by atoms with van der Waals surface area (Å²) >= 11 is 0. The number of hydrogen-bond donors (Lipinski definition) is 0. The standard InChI is InChI=1S/C29H32N2O2/c1-29(15-18-33-2)24-11-3-4-12-25(24)31(28(29)32)22-13-16-30(17-14-22)26-19-21-9-5-7-20-8-6-10-23(26)27(20)21/h3-12,22,26H,13-19H2,1-2H3/t26-,29?/m1/s1. The first kappa shape index (κ1) is 20.9. The number of rotatable bonds is 5. The van der Waals surface area contributed by atoms with E-state index in [9.17, 15) is 4.79 Å². The molecule has 0 saturated carbocycles. The number of benzene rings is 3. The SMILES string of the molecule is COCCC1(C)C(=O)N(C2CCN([C@@H]3Cc4cccc5cccc3c45)CC2)c2ccccc21. The molecule has 3 aromatic rings. The molecule has 0 spiro atoms. The first-order valence-electron chi connectivity index (χ1n) is 12.3. The van der Waals surface area contributed by atoms with Crippen LogP contribution < -0.4 is 4.90 Å². The predicted octanol–water partition coefficient (Wildman–Crippen LogP) is 5.24. The molecule has 1 unspecified atom stereocenters. The lowest BCUT2D eigenvalue weighted by Gasteiger charge is -2.40. The summed E-state index contributed by atoms with van der Waals surface area (Å²) in [7, 11) is 1.71. The Balaban J connectivity index is 1.22. The van der Waals surface area contributed by atoms with Crippen LogP contribution in [0.1, 0.15) is 48.9 Å². The van der Waals surface area contributed by atoms with Crippen molar-refractivity contribution in [1.29, 1.82) is 0 Å². The topological polar surface area (TPSA) is 32.8 Å². The van der Waals surface area contributed by atoms with Gasteiger partial charge in [0.25, 0.3) is 0 Å². The van der Waals surface area contributed by atoms with E-state index in [1.807, 2.05) is 0 Å². The zero-order valence-corrected chi connectivity index (χ0v) is 19.6. The third-order valence-electron chi connectivity index (χ3n) is 8.36. The van der Waals surface area contributed by atoms with E-state index in [0.29, 0.717) is 12.6 Å². The minimum Gasteiger partial charge on any atom is -0.385 e. The highest BCUT2D eigenvalue weighted by Crippen LogP contribution is 2.47. The molecule has 1 fully saturated rings. The van der Waals surface area contributed by atoms with Crippen molar-refractivity contribution in [2.75, 3.05) is 31.7 Å². The Morgan fingerprint density at radius 2 is 1.76 bits per heavy atom. The molecule has 2 atom stereocenters. The Labute approximate surface area is 196 Å². The lowest BCUT2D eigenvalue weighted by molar-refractivity contribution is -0.124. The van der Waals surface area contributed by atoms with Gasteiger partial charge in [-0.1, -0.05) is 54.6 Å². The molecule has 1 saturated heterocycles. The van der Waals surface area contributed by atoms with E-state index in [1.54, 1.807) is 7.11 Å². The van der Waals surface area contributed by atoms with Crippen LogP contribution >= 0.6 is 0 Å². The Morgan fingerprint density at radius 3 is 2.55 bits per heavy atom. The summed E-state index contributed by atoms with van der Waals surface area (Å²) in [5, 5.41) is 2.82. The van der Waals surface area contributed by atoms with Crippen molar-refractivity contribution in [2.45, 2.75) is 50.1 Å². The molecule has 4 heteroatoms. The Kier molecular flexibility index (Phi) is 5.04. The van der Waals surface area contributed by atoms with Crippen LogP contribution in [0, 0.1) is 0 Å². The number of amides is 1. The van der Waals surface area contributed by atoms with Crippen molar-refractivity contribution >= 4 is 22.4 Å². The van der Waals surface area contributed by atoms with Crippen LogP contribution in [-0.4, -0.2) is 43.7 Å². The number of likely N-dealkylation sites (tertiary alicyclic amines) is 1. The summed E-state index contributed by atoms with van der Waals surface area (Å²) in [6, 6.07) is 22.6. The molecule has 2 heterocycles. The fraction of sp³-hybridized carbons (Fsp3) is 0.414. The highest BCUT2D eigenvalue weighted by atomic mass is 16.5. The normalized spacial score (nSPS) is 25.2. The van der Waals surface area contributed by atoms with Gasteiger partial charge in [-0.2, -0.15) is 0 Å². The molecule has 170 valence electrons. The average molecular weight is 441 g/mol. The molecule has 33 heavy (non-hydrogen) atoms. The molecule has 1 aliphatic carbocycles. The highest BCUT2D eigenvalue weighted by molar-refractivity contribution is 6.08. The number of para-hydroxylation sites is 1. The summed E-state index contributed by atoms with van der Waals surface area (Å²) in [4.78, 5) is 18.5.